The maximum absolute atomic E-state index is 12.9. The average molecular weight is 258 g/mol. The molecule has 2 N–H and O–H groups in total. The second kappa shape index (κ2) is 5.39. The molecule has 0 saturated carbocycles. The van der Waals surface area contributed by atoms with Gasteiger partial charge in [0.1, 0.15) is 0 Å². The minimum absolute atomic E-state index is 0.0746. The van der Waals surface area contributed by atoms with E-state index in [0.717, 1.165) is 31.5 Å². The van der Waals surface area contributed by atoms with Crippen molar-refractivity contribution in [2.45, 2.75) is 25.3 Å². The predicted octanol–water partition coefficient (Wildman–Crippen LogP) is 2.18. The quantitative estimate of drug-likeness (QED) is 0.816. The van der Waals surface area contributed by atoms with Crippen LogP contribution in [0, 0.1) is 17.5 Å². The first-order valence-corrected chi connectivity index (χ1v) is 5.74. The highest BCUT2D eigenvalue weighted by Crippen LogP contribution is 2.18. The van der Waals surface area contributed by atoms with E-state index in [-0.39, 0.29) is 24.1 Å². The maximum atomic E-state index is 12.9. The molecule has 1 aliphatic heterocycles. The van der Waals surface area contributed by atoms with E-state index in [9.17, 15) is 18.0 Å². The Morgan fingerprint density at radius 2 is 2.00 bits per heavy atom. The number of amides is 1. The summed E-state index contributed by atoms with van der Waals surface area (Å²) in [6.07, 6.45) is 2.15. The summed E-state index contributed by atoms with van der Waals surface area (Å²) in [6, 6.07) is 1.62. The largest absolute Gasteiger partial charge is 0.326 e. The van der Waals surface area contributed by atoms with Crippen molar-refractivity contribution >= 4 is 11.6 Å². The number of anilines is 1. The summed E-state index contributed by atoms with van der Waals surface area (Å²) < 4.78 is 38.5. The van der Waals surface area contributed by atoms with Crippen LogP contribution < -0.4 is 10.6 Å². The molecule has 0 spiro atoms. The summed E-state index contributed by atoms with van der Waals surface area (Å²) in [5.41, 5.74) is -0.0746. The normalized spacial score (nSPS) is 18.9. The Hall–Kier alpha value is -1.56. The lowest BCUT2D eigenvalue weighted by Gasteiger charge is -2.10. The first kappa shape index (κ1) is 12.9. The predicted molar refractivity (Wildman–Crippen MR) is 60.6 cm³/mol. The van der Waals surface area contributed by atoms with Gasteiger partial charge in [0.05, 0.1) is 0 Å². The molecule has 98 valence electrons. The van der Waals surface area contributed by atoms with E-state index in [1.54, 1.807) is 0 Å². The van der Waals surface area contributed by atoms with Crippen LogP contribution in [0.1, 0.15) is 19.3 Å². The molecular weight excluding hydrogens is 245 g/mol. The van der Waals surface area contributed by atoms with Crippen molar-refractivity contribution in [1.82, 2.24) is 5.32 Å². The van der Waals surface area contributed by atoms with Gasteiger partial charge in [-0.1, -0.05) is 0 Å². The molecule has 1 heterocycles. The number of hydrogen-bond donors (Lipinski definition) is 2. The molecule has 1 amide bonds. The zero-order valence-corrected chi connectivity index (χ0v) is 9.60. The molecule has 1 fully saturated rings. The molecule has 0 aromatic heterocycles. The van der Waals surface area contributed by atoms with Crippen LogP contribution in [0.25, 0.3) is 0 Å². The molecule has 1 aromatic rings. The molecule has 0 bridgehead atoms. The number of halogens is 3. The first-order valence-electron chi connectivity index (χ1n) is 5.74. The third-order valence-electron chi connectivity index (χ3n) is 2.86. The van der Waals surface area contributed by atoms with Gasteiger partial charge in [0.25, 0.3) is 0 Å². The molecule has 6 heteroatoms. The van der Waals surface area contributed by atoms with Gasteiger partial charge < -0.3 is 10.6 Å². The summed E-state index contributed by atoms with van der Waals surface area (Å²) in [7, 11) is 0. The fourth-order valence-electron chi connectivity index (χ4n) is 1.99. The highest BCUT2D eigenvalue weighted by Gasteiger charge is 2.18. The Labute approximate surface area is 102 Å². The van der Waals surface area contributed by atoms with Gasteiger partial charge in [0.15, 0.2) is 17.5 Å². The lowest BCUT2D eigenvalue weighted by atomic mass is 10.1. The smallest absolute Gasteiger partial charge is 0.225 e. The van der Waals surface area contributed by atoms with Gasteiger partial charge in [-0.2, -0.15) is 0 Å². The number of rotatable bonds is 3. The maximum Gasteiger partial charge on any atom is 0.225 e. The van der Waals surface area contributed by atoms with Gasteiger partial charge in [-0.25, -0.2) is 13.2 Å². The van der Waals surface area contributed by atoms with E-state index in [0.29, 0.717) is 0 Å². The Morgan fingerprint density at radius 3 is 2.56 bits per heavy atom. The van der Waals surface area contributed by atoms with E-state index in [2.05, 4.69) is 10.6 Å². The summed E-state index contributed by atoms with van der Waals surface area (Å²) in [5.74, 6) is -4.51. The molecule has 2 rings (SSSR count). The van der Waals surface area contributed by atoms with Gasteiger partial charge in [0, 0.05) is 30.3 Å². The highest BCUT2D eigenvalue weighted by molar-refractivity contribution is 5.91. The monoisotopic (exact) mass is 258 g/mol. The van der Waals surface area contributed by atoms with E-state index in [1.165, 1.54) is 0 Å². The third-order valence-corrected chi connectivity index (χ3v) is 2.86. The summed E-state index contributed by atoms with van der Waals surface area (Å²) in [4.78, 5) is 11.6. The summed E-state index contributed by atoms with van der Waals surface area (Å²) in [5, 5.41) is 5.49. The van der Waals surface area contributed by atoms with Crippen molar-refractivity contribution in [2.75, 3.05) is 11.9 Å². The van der Waals surface area contributed by atoms with Crippen LogP contribution in [0.4, 0.5) is 18.9 Å². The van der Waals surface area contributed by atoms with Crippen LogP contribution in [0.3, 0.4) is 0 Å². The van der Waals surface area contributed by atoms with Crippen LogP contribution in [-0.4, -0.2) is 18.5 Å². The van der Waals surface area contributed by atoms with E-state index in [1.807, 2.05) is 0 Å². The molecule has 1 aromatic carbocycles. The molecule has 0 aliphatic carbocycles. The van der Waals surface area contributed by atoms with Crippen LogP contribution in [0.2, 0.25) is 0 Å². The molecule has 18 heavy (non-hydrogen) atoms. The lowest BCUT2D eigenvalue weighted by molar-refractivity contribution is -0.116. The third kappa shape index (κ3) is 3.01. The molecular formula is C12H13F3N2O. The van der Waals surface area contributed by atoms with Gasteiger partial charge in [-0.05, 0) is 19.4 Å². The highest BCUT2D eigenvalue weighted by atomic mass is 19.2. The van der Waals surface area contributed by atoms with Gasteiger partial charge in [-0.3, -0.25) is 4.79 Å². The van der Waals surface area contributed by atoms with Gasteiger partial charge >= 0.3 is 0 Å². The van der Waals surface area contributed by atoms with Crippen molar-refractivity contribution in [1.29, 1.82) is 0 Å². The topological polar surface area (TPSA) is 41.1 Å². The van der Waals surface area contributed by atoms with Crippen LogP contribution >= 0.6 is 0 Å². The number of hydrogen-bond acceptors (Lipinski definition) is 2. The van der Waals surface area contributed by atoms with E-state index < -0.39 is 17.5 Å². The van der Waals surface area contributed by atoms with Crippen LogP contribution in [-0.2, 0) is 4.79 Å². The number of nitrogens with one attached hydrogen (secondary N) is 2. The minimum Gasteiger partial charge on any atom is -0.326 e. The van der Waals surface area contributed by atoms with Crippen molar-refractivity contribution in [3.8, 4) is 0 Å². The molecule has 3 nitrogen and oxygen atoms in total. The minimum atomic E-state index is -1.54. The Kier molecular flexibility index (Phi) is 3.86. The van der Waals surface area contributed by atoms with Crippen molar-refractivity contribution in [3.63, 3.8) is 0 Å². The molecule has 1 unspecified atom stereocenters. The molecule has 1 atom stereocenters. The van der Waals surface area contributed by atoms with Crippen molar-refractivity contribution in [2.24, 2.45) is 0 Å². The molecule has 1 saturated heterocycles. The average Bonchev–Trinajstić information content (AvgIpc) is 2.78. The second-order valence-corrected chi connectivity index (χ2v) is 4.30. The standard InChI is InChI=1S/C12H13F3N2O/c13-9-4-8(5-10(14)12(9)15)17-11(18)6-7-2-1-3-16-7/h4-5,7,16H,1-3,6H2,(H,17,18). The van der Waals surface area contributed by atoms with Crippen LogP contribution in [0.15, 0.2) is 12.1 Å². The zero-order valence-electron chi connectivity index (χ0n) is 9.60. The number of carbonyl (C=O) groups is 1. The fourth-order valence-corrected chi connectivity index (χ4v) is 1.99. The Morgan fingerprint density at radius 1 is 1.33 bits per heavy atom. The molecule has 1 aliphatic rings. The molecule has 0 radical (unpaired) electrons. The van der Waals surface area contributed by atoms with Crippen LogP contribution in [0.5, 0.6) is 0 Å². The van der Waals surface area contributed by atoms with Gasteiger partial charge in [0.2, 0.25) is 5.91 Å². The SMILES string of the molecule is O=C(CC1CCCN1)Nc1cc(F)c(F)c(F)c1. The Bertz CT molecular complexity index is 436. The number of carbonyl (C=O) groups excluding carboxylic acids is 1. The summed E-state index contributed by atoms with van der Waals surface area (Å²) >= 11 is 0. The number of benzene rings is 1. The Balaban J connectivity index is 1.98. The van der Waals surface area contributed by atoms with Crippen molar-refractivity contribution in [3.05, 3.63) is 29.6 Å². The first-order chi connectivity index (χ1) is 8.56. The van der Waals surface area contributed by atoms with E-state index in [4.69, 9.17) is 0 Å². The lowest BCUT2D eigenvalue weighted by Crippen LogP contribution is -2.27. The zero-order chi connectivity index (χ0) is 13.1. The fraction of sp³-hybridized carbons (Fsp3) is 0.417. The van der Waals surface area contributed by atoms with Gasteiger partial charge in [-0.15, -0.1) is 0 Å². The van der Waals surface area contributed by atoms with Crippen molar-refractivity contribution < 1.29 is 18.0 Å². The summed E-state index contributed by atoms with van der Waals surface area (Å²) in [6.45, 7) is 0.873. The second-order valence-electron chi connectivity index (χ2n) is 4.30. The van der Waals surface area contributed by atoms with E-state index >= 15 is 0 Å².